The van der Waals surface area contributed by atoms with Crippen molar-refractivity contribution in [2.45, 2.75) is 13.3 Å². The van der Waals surface area contributed by atoms with Crippen LogP contribution in [0.5, 0.6) is 0 Å². The molecule has 0 amide bonds. The zero-order chi connectivity index (χ0) is 14.2. The van der Waals surface area contributed by atoms with Crippen LogP contribution in [0.4, 0.5) is 0 Å². The normalized spacial score (nSPS) is 11.4. The molecule has 0 unspecified atom stereocenters. The van der Waals surface area contributed by atoms with Crippen LogP contribution in [0.3, 0.4) is 0 Å². The number of hydrogen-bond donors (Lipinski definition) is 2. The van der Waals surface area contributed by atoms with Gasteiger partial charge in [-0.05, 0) is 6.42 Å². The second-order valence-electron chi connectivity index (χ2n) is 4.13. The maximum atomic E-state index is 8.63. The summed E-state index contributed by atoms with van der Waals surface area (Å²) in [5.41, 5.74) is 0. The number of aliphatic hydroxyl groups excluding tert-OH is 2. The first-order valence-electron chi connectivity index (χ1n) is 7.02. The Balaban J connectivity index is 3.66. The lowest BCUT2D eigenvalue weighted by atomic mass is 10.4. The fourth-order valence-corrected chi connectivity index (χ4v) is 1.50. The molecule has 0 aliphatic carbocycles. The molecule has 0 aromatic rings. The van der Waals surface area contributed by atoms with E-state index in [-0.39, 0.29) is 13.2 Å². The summed E-state index contributed by atoms with van der Waals surface area (Å²) in [6.45, 7) is 8.04. The molecule has 0 aliphatic rings. The predicted molar refractivity (Wildman–Crippen MR) is 73.4 cm³/mol. The zero-order valence-electron chi connectivity index (χ0n) is 12.1. The molecule has 19 heavy (non-hydrogen) atoms. The number of rotatable bonds is 15. The van der Waals surface area contributed by atoms with Crippen LogP contribution in [0.25, 0.3) is 0 Å². The van der Waals surface area contributed by atoms with Crippen molar-refractivity contribution in [1.82, 2.24) is 4.90 Å². The van der Waals surface area contributed by atoms with Gasteiger partial charge in [0.2, 0.25) is 0 Å². The van der Waals surface area contributed by atoms with Gasteiger partial charge in [0.05, 0.1) is 46.2 Å². The lowest BCUT2D eigenvalue weighted by molar-refractivity contribution is 0.0376. The molecule has 116 valence electrons. The molecule has 0 saturated carbocycles. The SMILES string of the molecule is CCCOCCN(CCOCCO)CCOCCO. The van der Waals surface area contributed by atoms with Crippen molar-refractivity contribution >= 4 is 0 Å². The van der Waals surface area contributed by atoms with E-state index in [1.165, 1.54) is 0 Å². The summed E-state index contributed by atoms with van der Waals surface area (Å²) in [7, 11) is 0. The third kappa shape index (κ3) is 14.0. The van der Waals surface area contributed by atoms with E-state index in [1.807, 2.05) is 0 Å². The molecule has 0 saturated heterocycles. The Morgan fingerprint density at radius 3 is 1.47 bits per heavy atom. The molecule has 0 spiro atoms. The first kappa shape index (κ1) is 18.8. The van der Waals surface area contributed by atoms with Crippen molar-refractivity contribution < 1.29 is 24.4 Å². The highest BCUT2D eigenvalue weighted by atomic mass is 16.5. The molecular weight excluding hydrogens is 250 g/mol. The molecule has 6 nitrogen and oxygen atoms in total. The molecule has 0 aliphatic heterocycles. The zero-order valence-corrected chi connectivity index (χ0v) is 12.1. The Morgan fingerprint density at radius 1 is 0.684 bits per heavy atom. The van der Waals surface area contributed by atoms with Crippen molar-refractivity contribution in [3.05, 3.63) is 0 Å². The fraction of sp³-hybridized carbons (Fsp3) is 1.00. The van der Waals surface area contributed by atoms with Crippen molar-refractivity contribution in [3.8, 4) is 0 Å². The van der Waals surface area contributed by atoms with Gasteiger partial charge in [0.15, 0.2) is 0 Å². The molecule has 0 atom stereocenters. The fourth-order valence-electron chi connectivity index (χ4n) is 1.50. The standard InChI is InChI=1S/C13H29NO5/c1-2-8-17-9-3-14(4-10-18-12-6-15)5-11-19-13-7-16/h15-16H,2-13H2,1H3. The van der Waals surface area contributed by atoms with Gasteiger partial charge in [0, 0.05) is 26.2 Å². The maximum Gasteiger partial charge on any atom is 0.0698 e. The van der Waals surface area contributed by atoms with Gasteiger partial charge in [-0.2, -0.15) is 0 Å². The molecular formula is C13H29NO5. The van der Waals surface area contributed by atoms with Gasteiger partial charge in [-0.1, -0.05) is 6.92 Å². The largest absolute Gasteiger partial charge is 0.394 e. The van der Waals surface area contributed by atoms with Crippen molar-refractivity contribution in [2.75, 3.05) is 72.5 Å². The van der Waals surface area contributed by atoms with Crippen LogP contribution in [0.2, 0.25) is 0 Å². The predicted octanol–water partition coefficient (Wildman–Crippen LogP) is -0.267. The molecule has 0 rings (SSSR count). The quantitative estimate of drug-likeness (QED) is 0.402. The van der Waals surface area contributed by atoms with Crippen LogP contribution in [0.15, 0.2) is 0 Å². The Morgan fingerprint density at radius 2 is 1.11 bits per heavy atom. The second-order valence-corrected chi connectivity index (χ2v) is 4.13. The Hall–Kier alpha value is -0.240. The number of hydrogen-bond acceptors (Lipinski definition) is 6. The monoisotopic (exact) mass is 279 g/mol. The molecule has 0 radical (unpaired) electrons. The van der Waals surface area contributed by atoms with E-state index in [1.54, 1.807) is 0 Å². The molecule has 0 aromatic heterocycles. The summed E-state index contributed by atoms with van der Waals surface area (Å²) in [5, 5.41) is 17.3. The number of nitrogens with zero attached hydrogens (tertiary/aromatic N) is 1. The highest BCUT2D eigenvalue weighted by Crippen LogP contribution is 1.92. The average Bonchev–Trinajstić information content (AvgIpc) is 2.43. The van der Waals surface area contributed by atoms with E-state index in [0.29, 0.717) is 33.0 Å². The topological polar surface area (TPSA) is 71.4 Å². The van der Waals surface area contributed by atoms with E-state index in [2.05, 4.69) is 11.8 Å². The van der Waals surface area contributed by atoms with Crippen LogP contribution in [-0.2, 0) is 14.2 Å². The maximum absolute atomic E-state index is 8.63. The highest BCUT2D eigenvalue weighted by Gasteiger charge is 2.05. The summed E-state index contributed by atoms with van der Waals surface area (Å²) < 4.78 is 16.0. The summed E-state index contributed by atoms with van der Waals surface area (Å²) in [5.74, 6) is 0. The molecule has 0 bridgehead atoms. The molecule has 0 fully saturated rings. The third-order valence-corrected chi connectivity index (χ3v) is 2.48. The molecule has 0 aromatic carbocycles. The first-order chi connectivity index (χ1) is 9.35. The Labute approximate surface area is 116 Å². The summed E-state index contributed by atoms with van der Waals surface area (Å²) in [6, 6.07) is 0. The van der Waals surface area contributed by atoms with E-state index in [4.69, 9.17) is 24.4 Å². The van der Waals surface area contributed by atoms with E-state index >= 15 is 0 Å². The van der Waals surface area contributed by atoms with E-state index < -0.39 is 0 Å². The van der Waals surface area contributed by atoms with Crippen LogP contribution in [-0.4, -0.2) is 87.6 Å². The summed E-state index contributed by atoms with van der Waals surface area (Å²) in [4.78, 5) is 2.20. The van der Waals surface area contributed by atoms with Crippen LogP contribution in [0.1, 0.15) is 13.3 Å². The lowest BCUT2D eigenvalue weighted by Crippen LogP contribution is -2.34. The van der Waals surface area contributed by atoms with E-state index in [9.17, 15) is 0 Å². The van der Waals surface area contributed by atoms with Crippen LogP contribution in [0, 0.1) is 0 Å². The van der Waals surface area contributed by atoms with Crippen LogP contribution < -0.4 is 0 Å². The van der Waals surface area contributed by atoms with E-state index in [0.717, 1.165) is 32.7 Å². The lowest BCUT2D eigenvalue weighted by Gasteiger charge is -2.22. The Kier molecular flexibility index (Phi) is 15.6. The van der Waals surface area contributed by atoms with Gasteiger partial charge in [-0.3, -0.25) is 4.90 Å². The molecule has 0 heterocycles. The van der Waals surface area contributed by atoms with Gasteiger partial charge in [-0.25, -0.2) is 0 Å². The third-order valence-electron chi connectivity index (χ3n) is 2.48. The first-order valence-corrected chi connectivity index (χ1v) is 7.02. The smallest absolute Gasteiger partial charge is 0.0698 e. The second kappa shape index (κ2) is 15.8. The summed E-state index contributed by atoms with van der Waals surface area (Å²) >= 11 is 0. The minimum Gasteiger partial charge on any atom is -0.394 e. The molecule has 6 heteroatoms. The van der Waals surface area contributed by atoms with Crippen molar-refractivity contribution in [1.29, 1.82) is 0 Å². The van der Waals surface area contributed by atoms with Crippen molar-refractivity contribution in [3.63, 3.8) is 0 Å². The van der Waals surface area contributed by atoms with Gasteiger partial charge in [0.1, 0.15) is 0 Å². The summed E-state index contributed by atoms with van der Waals surface area (Å²) in [6.07, 6.45) is 1.03. The number of ether oxygens (including phenoxy) is 3. The average molecular weight is 279 g/mol. The van der Waals surface area contributed by atoms with Crippen molar-refractivity contribution in [2.24, 2.45) is 0 Å². The van der Waals surface area contributed by atoms with Gasteiger partial charge < -0.3 is 24.4 Å². The van der Waals surface area contributed by atoms with Crippen LogP contribution >= 0.6 is 0 Å². The number of aliphatic hydroxyl groups is 2. The minimum atomic E-state index is 0.0548. The van der Waals surface area contributed by atoms with Gasteiger partial charge in [-0.15, -0.1) is 0 Å². The molecule has 2 N–H and O–H groups in total. The van der Waals surface area contributed by atoms with Gasteiger partial charge in [0.25, 0.3) is 0 Å². The minimum absolute atomic E-state index is 0.0548. The highest BCUT2D eigenvalue weighted by molar-refractivity contribution is 4.57. The Bertz CT molecular complexity index is 143. The van der Waals surface area contributed by atoms with Gasteiger partial charge >= 0.3 is 0 Å².